The summed E-state index contributed by atoms with van der Waals surface area (Å²) in [5.41, 5.74) is 0.598. The van der Waals surface area contributed by atoms with Crippen LogP contribution in [0.1, 0.15) is 0 Å². The van der Waals surface area contributed by atoms with Crippen LogP contribution in [0.3, 0.4) is 0 Å². The van der Waals surface area contributed by atoms with Crippen LogP contribution in [0, 0.1) is 0 Å². The highest BCUT2D eigenvalue weighted by molar-refractivity contribution is 6.39. The largest absolute Gasteiger partial charge is 0.338 e. The Hall–Kier alpha value is -1.03. The SMILES string of the molecule is Clc1cc(Nc2c(Cl)cccc2Cl)ncn1. The number of nitrogens with zero attached hydrogens (tertiary/aromatic N) is 2. The summed E-state index contributed by atoms with van der Waals surface area (Å²) in [4.78, 5) is 7.77. The lowest BCUT2D eigenvalue weighted by molar-refractivity contribution is 1.17. The van der Waals surface area contributed by atoms with Crippen LogP contribution in [0.15, 0.2) is 30.6 Å². The van der Waals surface area contributed by atoms with Gasteiger partial charge in [0.05, 0.1) is 15.7 Å². The molecule has 0 spiro atoms. The lowest BCUT2D eigenvalue weighted by Gasteiger charge is -2.08. The monoisotopic (exact) mass is 273 g/mol. The number of hydrogen-bond acceptors (Lipinski definition) is 3. The standard InChI is InChI=1S/C10H6Cl3N3/c11-6-2-1-3-7(12)10(6)16-9-4-8(13)14-5-15-9/h1-5H,(H,14,15,16). The minimum absolute atomic E-state index is 0.348. The predicted molar refractivity (Wildman–Crippen MR) is 66.8 cm³/mol. The second-order valence-corrected chi connectivity index (χ2v) is 4.15. The van der Waals surface area contributed by atoms with Gasteiger partial charge in [-0.05, 0) is 12.1 Å². The molecular weight excluding hydrogens is 268 g/mol. The molecule has 82 valence electrons. The van der Waals surface area contributed by atoms with Crippen molar-refractivity contribution in [1.29, 1.82) is 0 Å². The van der Waals surface area contributed by atoms with Crippen LogP contribution in [0.25, 0.3) is 0 Å². The number of hydrogen-bond donors (Lipinski definition) is 1. The smallest absolute Gasteiger partial charge is 0.135 e. The number of nitrogens with one attached hydrogen (secondary N) is 1. The zero-order chi connectivity index (χ0) is 11.5. The van der Waals surface area contributed by atoms with E-state index in [0.717, 1.165) is 0 Å². The minimum atomic E-state index is 0.348. The van der Waals surface area contributed by atoms with Crippen molar-refractivity contribution in [2.45, 2.75) is 0 Å². The summed E-state index contributed by atoms with van der Waals surface area (Å²) in [6.45, 7) is 0. The van der Waals surface area contributed by atoms with Crippen LogP contribution < -0.4 is 5.32 Å². The van der Waals surface area contributed by atoms with Crippen molar-refractivity contribution in [3.8, 4) is 0 Å². The van der Waals surface area contributed by atoms with Gasteiger partial charge in [0.2, 0.25) is 0 Å². The van der Waals surface area contributed by atoms with Gasteiger partial charge in [0.15, 0.2) is 0 Å². The Morgan fingerprint density at radius 1 is 1.00 bits per heavy atom. The molecule has 0 amide bonds. The number of para-hydroxylation sites is 1. The molecular formula is C10H6Cl3N3. The van der Waals surface area contributed by atoms with E-state index >= 15 is 0 Å². The molecule has 1 aromatic heterocycles. The average molecular weight is 275 g/mol. The number of rotatable bonds is 2. The Labute approximate surface area is 107 Å². The number of halogens is 3. The summed E-state index contributed by atoms with van der Waals surface area (Å²) in [6.07, 6.45) is 1.36. The zero-order valence-electron chi connectivity index (χ0n) is 7.92. The Morgan fingerprint density at radius 2 is 1.69 bits per heavy atom. The summed E-state index contributed by atoms with van der Waals surface area (Å²) >= 11 is 17.7. The molecule has 0 unspecified atom stereocenters. The van der Waals surface area contributed by atoms with Gasteiger partial charge in [-0.15, -0.1) is 0 Å². The first-order valence-corrected chi connectivity index (χ1v) is 5.49. The second kappa shape index (κ2) is 4.87. The maximum absolute atomic E-state index is 6.00. The molecule has 0 aliphatic heterocycles. The lowest BCUT2D eigenvalue weighted by Crippen LogP contribution is -1.95. The number of aromatic nitrogens is 2. The fourth-order valence-electron chi connectivity index (χ4n) is 1.15. The van der Waals surface area contributed by atoms with E-state index in [-0.39, 0.29) is 0 Å². The molecule has 2 rings (SSSR count). The van der Waals surface area contributed by atoms with Crippen molar-refractivity contribution in [1.82, 2.24) is 9.97 Å². The maximum atomic E-state index is 6.00. The number of anilines is 2. The fraction of sp³-hybridized carbons (Fsp3) is 0. The highest BCUT2D eigenvalue weighted by Crippen LogP contribution is 2.32. The van der Waals surface area contributed by atoms with Gasteiger partial charge in [-0.1, -0.05) is 40.9 Å². The molecule has 6 heteroatoms. The Balaban J connectivity index is 2.34. The van der Waals surface area contributed by atoms with E-state index in [1.165, 1.54) is 6.33 Å². The van der Waals surface area contributed by atoms with E-state index in [4.69, 9.17) is 34.8 Å². The van der Waals surface area contributed by atoms with Crippen LogP contribution in [0.5, 0.6) is 0 Å². The third-order valence-corrected chi connectivity index (χ3v) is 2.69. The van der Waals surface area contributed by atoms with Crippen molar-refractivity contribution in [2.75, 3.05) is 5.32 Å². The first-order chi connectivity index (χ1) is 7.66. The Bertz CT molecular complexity index is 496. The minimum Gasteiger partial charge on any atom is -0.338 e. The van der Waals surface area contributed by atoms with E-state index in [9.17, 15) is 0 Å². The second-order valence-electron chi connectivity index (χ2n) is 2.95. The Kier molecular flexibility index (Phi) is 3.49. The van der Waals surface area contributed by atoms with E-state index in [0.29, 0.717) is 26.7 Å². The van der Waals surface area contributed by atoms with E-state index in [2.05, 4.69) is 15.3 Å². The van der Waals surface area contributed by atoms with Crippen molar-refractivity contribution < 1.29 is 0 Å². The van der Waals surface area contributed by atoms with Crippen molar-refractivity contribution in [3.05, 3.63) is 45.8 Å². The quantitative estimate of drug-likeness (QED) is 0.835. The molecule has 1 N–H and O–H groups in total. The average Bonchev–Trinajstić information content (AvgIpc) is 2.24. The van der Waals surface area contributed by atoms with Gasteiger partial charge in [-0.2, -0.15) is 0 Å². The van der Waals surface area contributed by atoms with E-state index in [1.807, 2.05) is 0 Å². The normalized spacial score (nSPS) is 10.2. The molecule has 0 saturated carbocycles. The molecule has 0 aliphatic carbocycles. The van der Waals surface area contributed by atoms with E-state index in [1.54, 1.807) is 24.3 Å². The van der Waals surface area contributed by atoms with Crippen molar-refractivity contribution >= 4 is 46.3 Å². The molecule has 0 fully saturated rings. The molecule has 0 bridgehead atoms. The molecule has 3 nitrogen and oxygen atoms in total. The van der Waals surface area contributed by atoms with E-state index < -0.39 is 0 Å². The van der Waals surface area contributed by atoms with Gasteiger partial charge >= 0.3 is 0 Å². The van der Waals surface area contributed by atoms with Crippen LogP contribution >= 0.6 is 34.8 Å². The maximum Gasteiger partial charge on any atom is 0.135 e. The highest BCUT2D eigenvalue weighted by Gasteiger charge is 2.06. The summed E-state index contributed by atoms with van der Waals surface area (Å²) in [6, 6.07) is 6.82. The molecule has 0 atom stereocenters. The Morgan fingerprint density at radius 3 is 2.31 bits per heavy atom. The van der Waals surface area contributed by atoms with Crippen LogP contribution in [-0.4, -0.2) is 9.97 Å². The molecule has 1 heterocycles. The first kappa shape index (κ1) is 11.5. The van der Waals surface area contributed by atoms with Crippen LogP contribution in [0.2, 0.25) is 15.2 Å². The summed E-state index contributed by atoms with van der Waals surface area (Å²) < 4.78 is 0. The molecule has 0 radical (unpaired) electrons. The van der Waals surface area contributed by atoms with Gasteiger partial charge in [-0.3, -0.25) is 0 Å². The van der Waals surface area contributed by atoms with Gasteiger partial charge in [-0.25, -0.2) is 9.97 Å². The topological polar surface area (TPSA) is 37.8 Å². The van der Waals surface area contributed by atoms with Gasteiger partial charge in [0.1, 0.15) is 17.3 Å². The van der Waals surface area contributed by atoms with Crippen LogP contribution in [0.4, 0.5) is 11.5 Å². The fourth-order valence-corrected chi connectivity index (χ4v) is 1.79. The summed E-state index contributed by atoms with van der Waals surface area (Å²) in [5.74, 6) is 0.537. The highest BCUT2D eigenvalue weighted by atomic mass is 35.5. The van der Waals surface area contributed by atoms with Gasteiger partial charge < -0.3 is 5.32 Å². The molecule has 1 aromatic carbocycles. The van der Waals surface area contributed by atoms with Crippen molar-refractivity contribution in [2.24, 2.45) is 0 Å². The van der Waals surface area contributed by atoms with Gasteiger partial charge in [0.25, 0.3) is 0 Å². The summed E-state index contributed by atoms with van der Waals surface area (Å²) in [5, 5.41) is 4.36. The first-order valence-electron chi connectivity index (χ1n) is 4.35. The predicted octanol–water partition coefficient (Wildman–Crippen LogP) is 4.18. The van der Waals surface area contributed by atoms with Crippen LogP contribution in [-0.2, 0) is 0 Å². The number of benzene rings is 1. The molecule has 0 aliphatic rings. The molecule has 16 heavy (non-hydrogen) atoms. The molecule has 0 saturated heterocycles. The third kappa shape index (κ3) is 2.55. The van der Waals surface area contributed by atoms with Gasteiger partial charge in [0, 0.05) is 6.07 Å². The molecule has 2 aromatic rings. The lowest BCUT2D eigenvalue weighted by atomic mass is 10.3. The summed E-state index contributed by atoms with van der Waals surface area (Å²) in [7, 11) is 0. The van der Waals surface area contributed by atoms with Crippen molar-refractivity contribution in [3.63, 3.8) is 0 Å². The zero-order valence-corrected chi connectivity index (χ0v) is 10.2. The third-order valence-electron chi connectivity index (χ3n) is 1.85.